The van der Waals surface area contributed by atoms with Crippen LogP contribution in [0.4, 0.5) is 4.39 Å². The molecule has 0 radical (unpaired) electrons. The van der Waals surface area contributed by atoms with Crippen LogP contribution in [0.25, 0.3) is 0 Å². The van der Waals surface area contributed by atoms with Gasteiger partial charge in [0.25, 0.3) is 0 Å². The number of carboxylic acid groups (broad SMARTS) is 1. The zero-order valence-electron chi connectivity index (χ0n) is 16.6. The highest BCUT2D eigenvalue weighted by atomic mass is 35.5. The second-order valence-corrected chi connectivity index (χ2v) is 8.22. The number of Topliss-reactive ketones (excluding diaryl/α,β-unsaturated/α-hetero) is 2. The maximum atomic E-state index is 13.7. The number of rotatable bonds is 6. The number of allylic oxidation sites excluding steroid dienone is 2. The Morgan fingerprint density at radius 2 is 1.59 bits per heavy atom. The normalized spacial score (nSPS) is 20.4. The van der Waals surface area contributed by atoms with Crippen LogP contribution in [-0.4, -0.2) is 38.6 Å². The van der Waals surface area contributed by atoms with Gasteiger partial charge in [0.2, 0.25) is 5.79 Å². The van der Waals surface area contributed by atoms with Crippen molar-refractivity contribution in [2.75, 3.05) is 0 Å². The first-order valence-electron chi connectivity index (χ1n) is 9.30. The zero-order chi connectivity index (χ0) is 23.8. The third-order valence-electron chi connectivity index (χ3n) is 5.26. The molecule has 2 atom stereocenters. The number of benzene rings is 2. The Kier molecular flexibility index (Phi) is 6.40. The van der Waals surface area contributed by atoms with Gasteiger partial charge in [-0.1, -0.05) is 35.4 Å². The van der Waals surface area contributed by atoms with E-state index in [1.165, 1.54) is 25.1 Å². The van der Waals surface area contributed by atoms with Gasteiger partial charge in [0.15, 0.2) is 11.6 Å². The maximum Gasteiger partial charge on any atom is 0.310 e. The van der Waals surface area contributed by atoms with Gasteiger partial charge < -0.3 is 15.3 Å². The quantitative estimate of drug-likeness (QED) is 0.249. The summed E-state index contributed by atoms with van der Waals surface area (Å²) < 4.78 is 13.4. The Morgan fingerprint density at radius 3 is 2.16 bits per heavy atom. The lowest BCUT2D eigenvalue weighted by molar-refractivity contribution is -0.144. The largest absolute Gasteiger partial charge is 0.481 e. The van der Waals surface area contributed by atoms with Gasteiger partial charge in [-0.2, -0.15) is 0 Å². The molecule has 166 valence electrons. The molecular weight excluding hydrogens is 462 g/mol. The lowest BCUT2D eigenvalue weighted by Gasteiger charge is -2.35. The van der Waals surface area contributed by atoms with E-state index < -0.39 is 46.0 Å². The van der Waals surface area contributed by atoms with Crippen LogP contribution >= 0.6 is 23.2 Å². The third-order valence-corrected chi connectivity index (χ3v) is 5.81. The van der Waals surface area contributed by atoms with Crippen molar-refractivity contribution in [3.05, 3.63) is 93.3 Å². The molecule has 6 nitrogen and oxygen atoms in total. The lowest BCUT2D eigenvalue weighted by Crippen LogP contribution is -2.45. The first-order valence-corrected chi connectivity index (χ1v) is 10.1. The Morgan fingerprint density at radius 1 is 0.969 bits per heavy atom. The van der Waals surface area contributed by atoms with Gasteiger partial charge >= 0.3 is 5.97 Å². The molecule has 3 N–H and O–H groups in total. The first-order chi connectivity index (χ1) is 14.9. The SMILES string of the molecule is CC(C(=O)O)C1=CC(C(=O)c2ccc(F)cc2)(C(=O)c2ccc(Cl)cc2Cl)C=CC1(O)O. The highest BCUT2D eigenvalue weighted by Gasteiger charge is 2.49. The zero-order valence-corrected chi connectivity index (χ0v) is 18.1. The van der Waals surface area contributed by atoms with Gasteiger partial charge in [-0.3, -0.25) is 14.4 Å². The summed E-state index contributed by atoms with van der Waals surface area (Å²) in [5.74, 6) is -7.87. The molecule has 0 amide bonds. The summed E-state index contributed by atoms with van der Waals surface area (Å²) in [6, 6.07) is 8.37. The number of aliphatic carboxylic acids is 1. The van der Waals surface area contributed by atoms with Gasteiger partial charge in [-0.15, -0.1) is 0 Å². The molecule has 1 aliphatic rings. The molecular formula is C23H17Cl2FO6. The minimum absolute atomic E-state index is 0.0588. The Bertz CT molecular complexity index is 1170. The van der Waals surface area contributed by atoms with E-state index in [0.717, 1.165) is 42.5 Å². The molecule has 0 fully saturated rings. The molecule has 0 aliphatic heterocycles. The smallest absolute Gasteiger partial charge is 0.310 e. The molecule has 2 unspecified atom stereocenters. The van der Waals surface area contributed by atoms with Crippen molar-refractivity contribution >= 4 is 40.7 Å². The number of aliphatic hydroxyl groups is 2. The Hall–Kier alpha value is -2.84. The monoisotopic (exact) mass is 478 g/mol. The summed E-state index contributed by atoms with van der Waals surface area (Å²) >= 11 is 12.1. The fourth-order valence-electron chi connectivity index (χ4n) is 3.44. The van der Waals surface area contributed by atoms with E-state index in [4.69, 9.17) is 23.2 Å². The molecule has 2 aromatic rings. The molecule has 0 bridgehead atoms. The van der Waals surface area contributed by atoms with Crippen molar-refractivity contribution in [1.29, 1.82) is 0 Å². The number of carbonyl (C=O) groups excluding carboxylic acids is 2. The fourth-order valence-corrected chi connectivity index (χ4v) is 3.94. The summed E-state index contributed by atoms with van der Waals surface area (Å²) in [6.45, 7) is 1.18. The topological polar surface area (TPSA) is 112 Å². The maximum absolute atomic E-state index is 13.7. The van der Waals surface area contributed by atoms with E-state index >= 15 is 0 Å². The number of carboxylic acids is 1. The van der Waals surface area contributed by atoms with E-state index in [1.807, 2.05) is 0 Å². The molecule has 0 aromatic heterocycles. The van der Waals surface area contributed by atoms with Gasteiger partial charge in [0, 0.05) is 21.7 Å². The summed E-state index contributed by atoms with van der Waals surface area (Å²) in [5, 5.41) is 30.3. The third kappa shape index (κ3) is 4.25. The molecule has 0 heterocycles. The van der Waals surface area contributed by atoms with Crippen molar-refractivity contribution in [2.45, 2.75) is 12.7 Å². The second-order valence-electron chi connectivity index (χ2n) is 7.38. The van der Waals surface area contributed by atoms with Crippen LogP contribution in [0.5, 0.6) is 0 Å². The van der Waals surface area contributed by atoms with Crippen LogP contribution in [0.15, 0.2) is 66.3 Å². The minimum Gasteiger partial charge on any atom is -0.481 e. The number of hydrogen-bond donors (Lipinski definition) is 3. The van der Waals surface area contributed by atoms with E-state index in [1.54, 1.807) is 0 Å². The van der Waals surface area contributed by atoms with E-state index in [2.05, 4.69) is 0 Å². The van der Waals surface area contributed by atoms with E-state index in [9.17, 15) is 34.1 Å². The van der Waals surface area contributed by atoms with Gasteiger partial charge in [-0.05, 0) is 55.5 Å². The van der Waals surface area contributed by atoms with Crippen molar-refractivity contribution in [3.63, 3.8) is 0 Å². The predicted octanol–water partition coefficient (Wildman–Crippen LogP) is 4.08. The van der Waals surface area contributed by atoms with Crippen molar-refractivity contribution in [3.8, 4) is 0 Å². The molecule has 2 aromatic carbocycles. The number of hydrogen-bond acceptors (Lipinski definition) is 5. The summed E-state index contributed by atoms with van der Waals surface area (Å²) in [7, 11) is 0. The number of carbonyl (C=O) groups is 3. The van der Waals surface area contributed by atoms with Gasteiger partial charge in [-0.25, -0.2) is 4.39 Å². The van der Waals surface area contributed by atoms with Crippen molar-refractivity contribution in [1.82, 2.24) is 0 Å². The Balaban J connectivity index is 2.28. The standard InChI is InChI=1S/C23H17Cl2FO6/c1-12(21(29)30)17-11-22(8-9-23(17,31)32,19(27)13-2-5-15(26)6-3-13)20(28)16-7-4-14(24)10-18(16)25/h2-12,31-32H,1H3,(H,29,30). The minimum atomic E-state index is -2.71. The molecule has 32 heavy (non-hydrogen) atoms. The first kappa shape index (κ1) is 23.8. The molecule has 0 saturated heterocycles. The van der Waals surface area contributed by atoms with Crippen LogP contribution in [0.2, 0.25) is 10.0 Å². The van der Waals surface area contributed by atoms with Gasteiger partial charge in [0.1, 0.15) is 11.2 Å². The van der Waals surface area contributed by atoms with Crippen LogP contribution in [-0.2, 0) is 4.79 Å². The summed E-state index contributed by atoms with van der Waals surface area (Å²) in [5.41, 5.74) is -2.82. The van der Waals surface area contributed by atoms with Crippen molar-refractivity contribution < 1.29 is 34.1 Å². The van der Waals surface area contributed by atoms with E-state index in [-0.39, 0.29) is 21.2 Å². The summed E-state index contributed by atoms with van der Waals surface area (Å²) in [6.07, 6.45) is 2.67. The highest BCUT2D eigenvalue weighted by molar-refractivity contribution is 6.38. The lowest BCUT2D eigenvalue weighted by atomic mass is 9.68. The van der Waals surface area contributed by atoms with Crippen LogP contribution in [0, 0.1) is 17.2 Å². The summed E-state index contributed by atoms with van der Waals surface area (Å²) in [4.78, 5) is 38.8. The average Bonchev–Trinajstić information content (AvgIpc) is 2.73. The molecule has 0 saturated carbocycles. The number of ketones is 2. The molecule has 9 heteroatoms. The number of halogens is 3. The molecule has 3 rings (SSSR count). The highest BCUT2D eigenvalue weighted by Crippen LogP contribution is 2.42. The van der Waals surface area contributed by atoms with Crippen LogP contribution in [0.1, 0.15) is 27.6 Å². The Labute approximate surface area is 192 Å². The van der Waals surface area contributed by atoms with Crippen LogP contribution < -0.4 is 0 Å². The fraction of sp³-hybridized carbons (Fsp3) is 0.174. The second kappa shape index (κ2) is 8.60. The average molecular weight is 479 g/mol. The van der Waals surface area contributed by atoms with Gasteiger partial charge in [0.05, 0.1) is 10.9 Å². The van der Waals surface area contributed by atoms with E-state index in [0.29, 0.717) is 0 Å². The van der Waals surface area contributed by atoms with Crippen molar-refractivity contribution in [2.24, 2.45) is 11.3 Å². The predicted molar refractivity (Wildman–Crippen MR) is 115 cm³/mol. The molecule has 0 spiro atoms. The molecule has 1 aliphatic carbocycles. The van der Waals surface area contributed by atoms with Crippen LogP contribution in [0.3, 0.4) is 0 Å².